The van der Waals surface area contributed by atoms with Gasteiger partial charge in [-0.25, -0.2) is 4.98 Å². The van der Waals surface area contributed by atoms with Crippen LogP contribution in [0, 0.1) is 25.2 Å². The Kier molecular flexibility index (Phi) is 5.12. The molecule has 1 unspecified atom stereocenters. The lowest BCUT2D eigenvalue weighted by atomic mass is 10.2. The topological polar surface area (TPSA) is 62.3 Å². The van der Waals surface area contributed by atoms with Crippen molar-refractivity contribution < 1.29 is 4.74 Å². The van der Waals surface area contributed by atoms with Crippen molar-refractivity contribution in [1.82, 2.24) is 14.7 Å². The molecule has 2 aromatic rings. The monoisotopic (exact) mass is 292 g/mol. The highest BCUT2D eigenvalue weighted by atomic mass is 32.1. The van der Waals surface area contributed by atoms with E-state index < -0.39 is 0 Å². The molecular formula is C14H20N4OS. The molecule has 2 heterocycles. The number of ether oxygens (including phenoxy) is 1. The Balaban J connectivity index is 2.11. The Morgan fingerprint density at radius 1 is 1.55 bits per heavy atom. The van der Waals surface area contributed by atoms with Crippen molar-refractivity contribution in [2.24, 2.45) is 0 Å². The lowest BCUT2D eigenvalue weighted by molar-refractivity contribution is 0.144. The van der Waals surface area contributed by atoms with Crippen LogP contribution >= 0.6 is 11.3 Å². The van der Waals surface area contributed by atoms with Crippen LogP contribution in [0.1, 0.15) is 36.5 Å². The molecular weight excluding hydrogens is 272 g/mol. The number of nitrogens with zero attached hydrogens (tertiary/aromatic N) is 3. The highest BCUT2D eigenvalue weighted by Crippen LogP contribution is 2.24. The summed E-state index contributed by atoms with van der Waals surface area (Å²) in [5.41, 5.74) is 3.00. The Labute approximate surface area is 123 Å². The fourth-order valence-electron chi connectivity index (χ4n) is 2.23. The van der Waals surface area contributed by atoms with Crippen LogP contribution in [-0.2, 0) is 4.74 Å². The summed E-state index contributed by atoms with van der Waals surface area (Å²) >= 11 is 1.61. The third kappa shape index (κ3) is 3.01. The molecule has 0 bridgehead atoms. The van der Waals surface area contributed by atoms with Crippen molar-refractivity contribution in [1.29, 1.82) is 5.26 Å². The van der Waals surface area contributed by atoms with E-state index in [9.17, 15) is 5.26 Å². The summed E-state index contributed by atoms with van der Waals surface area (Å²) in [7, 11) is 0. The molecule has 2 aromatic heterocycles. The minimum atomic E-state index is -0.333. The summed E-state index contributed by atoms with van der Waals surface area (Å²) in [6.45, 7) is 8.20. The van der Waals surface area contributed by atoms with Crippen LogP contribution in [0.3, 0.4) is 0 Å². The summed E-state index contributed by atoms with van der Waals surface area (Å²) in [5.74, 6) is 0. The number of hydrogen-bond donors (Lipinski definition) is 1. The third-order valence-corrected chi connectivity index (χ3v) is 4.12. The molecule has 0 saturated heterocycles. The molecule has 0 amide bonds. The van der Waals surface area contributed by atoms with E-state index in [1.165, 1.54) is 0 Å². The van der Waals surface area contributed by atoms with Crippen molar-refractivity contribution in [3.63, 3.8) is 0 Å². The number of imidazole rings is 1. The number of aryl methyl sites for hydroxylation is 2. The third-order valence-electron chi connectivity index (χ3n) is 3.17. The number of rotatable bonds is 7. The fourth-order valence-corrected chi connectivity index (χ4v) is 3.15. The smallest absolute Gasteiger partial charge is 0.194 e. The molecule has 108 valence electrons. The van der Waals surface area contributed by atoms with E-state index >= 15 is 0 Å². The first kappa shape index (κ1) is 15.0. The van der Waals surface area contributed by atoms with Gasteiger partial charge in [0.15, 0.2) is 4.96 Å². The predicted octanol–water partition coefficient (Wildman–Crippen LogP) is 2.59. The zero-order chi connectivity index (χ0) is 14.5. The zero-order valence-corrected chi connectivity index (χ0v) is 13.0. The molecule has 2 rings (SSSR count). The molecule has 6 heteroatoms. The van der Waals surface area contributed by atoms with Gasteiger partial charge in [0.25, 0.3) is 0 Å². The number of thiazole rings is 1. The molecule has 0 aliphatic carbocycles. The first-order chi connectivity index (χ1) is 9.69. The Hall–Kier alpha value is -1.42. The normalized spacial score (nSPS) is 12.7. The van der Waals surface area contributed by atoms with Gasteiger partial charge >= 0.3 is 0 Å². The fraction of sp³-hybridized carbons (Fsp3) is 0.571. The molecule has 5 nitrogen and oxygen atoms in total. The molecule has 1 atom stereocenters. The summed E-state index contributed by atoms with van der Waals surface area (Å²) in [6, 6.07) is 2.00. The average Bonchev–Trinajstić information content (AvgIpc) is 2.94. The Morgan fingerprint density at radius 2 is 2.35 bits per heavy atom. The van der Waals surface area contributed by atoms with E-state index in [1.807, 2.05) is 20.8 Å². The number of nitrogens with one attached hydrogen (secondary N) is 1. The van der Waals surface area contributed by atoms with Crippen LogP contribution in [0.5, 0.6) is 0 Å². The van der Waals surface area contributed by atoms with Crippen molar-refractivity contribution in [2.75, 3.05) is 19.8 Å². The van der Waals surface area contributed by atoms with Gasteiger partial charge in [-0.15, -0.1) is 11.3 Å². The highest BCUT2D eigenvalue weighted by molar-refractivity contribution is 7.15. The Bertz CT molecular complexity index is 610. The van der Waals surface area contributed by atoms with Gasteiger partial charge in [-0.1, -0.05) is 0 Å². The van der Waals surface area contributed by atoms with Crippen LogP contribution in [0.15, 0.2) is 5.38 Å². The van der Waals surface area contributed by atoms with Gasteiger partial charge in [0.2, 0.25) is 0 Å². The average molecular weight is 292 g/mol. The van der Waals surface area contributed by atoms with Crippen LogP contribution in [0.2, 0.25) is 0 Å². The largest absolute Gasteiger partial charge is 0.382 e. The number of hydrogen-bond acceptors (Lipinski definition) is 5. The summed E-state index contributed by atoms with van der Waals surface area (Å²) < 4.78 is 7.37. The second-order valence-electron chi connectivity index (χ2n) is 4.64. The lowest BCUT2D eigenvalue weighted by Gasteiger charge is -2.12. The molecule has 0 aliphatic rings. The molecule has 0 radical (unpaired) electrons. The second kappa shape index (κ2) is 6.84. The van der Waals surface area contributed by atoms with E-state index in [4.69, 9.17) is 4.74 Å². The highest BCUT2D eigenvalue weighted by Gasteiger charge is 2.20. The Morgan fingerprint density at radius 3 is 3.05 bits per heavy atom. The van der Waals surface area contributed by atoms with Gasteiger partial charge in [-0.2, -0.15) is 5.26 Å². The quantitative estimate of drug-likeness (QED) is 0.797. The molecule has 0 saturated carbocycles. The predicted molar refractivity (Wildman–Crippen MR) is 80.0 cm³/mol. The number of fused-ring (bicyclic) bond motifs is 1. The van der Waals surface area contributed by atoms with Crippen LogP contribution in [0.4, 0.5) is 0 Å². The van der Waals surface area contributed by atoms with Crippen molar-refractivity contribution in [3.05, 3.63) is 22.5 Å². The van der Waals surface area contributed by atoms with Crippen LogP contribution in [0.25, 0.3) is 4.96 Å². The minimum absolute atomic E-state index is 0.333. The van der Waals surface area contributed by atoms with Crippen molar-refractivity contribution in [3.8, 4) is 6.07 Å². The van der Waals surface area contributed by atoms with Gasteiger partial charge in [-0.3, -0.25) is 9.72 Å². The molecule has 0 spiro atoms. The summed E-state index contributed by atoms with van der Waals surface area (Å²) in [6.07, 6.45) is 0.898. The first-order valence-corrected chi connectivity index (χ1v) is 7.70. The molecule has 1 N–H and O–H groups in total. The lowest BCUT2D eigenvalue weighted by Crippen LogP contribution is -2.24. The van der Waals surface area contributed by atoms with Gasteiger partial charge in [-0.05, 0) is 33.7 Å². The van der Waals surface area contributed by atoms with E-state index in [0.717, 1.165) is 48.2 Å². The maximum atomic E-state index is 9.43. The van der Waals surface area contributed by atoms with E-state index in [2.05, 4.69) is 26.2 Å². The molecule has 0 fully saturated rings. The van der Waals surface area contributed by atoms with Crippen molar-refractivity contribution in [2.45, 2.75) is 33.2 Å². The minimum Gasteiger partial charge on any atom is -0.382 e. The summed E-state index contributed by atoms with van der Waals surface area (Å²) in [4.78, 5) is 5.48. The second-order valence-corrected chi connectivity index (χ2v) is 5.48. The van der Waals surface area contributed by atoms with Gasteiger partial charge in [0.1, 0.15) is 6.04 Å². The van der Waals surface area contributed by atoms with E-state index in [-0.39, 0.29) is 6.04 Å². The van der Waals surface area contributed by atoms with Gasteiger partial charge in [0, 0.05) is 24.3 Å². The van der Waals surface area contributed by atoms with Crippen molar-refractivity contribution >= 4 is 16.3 Å². The summed E-state index contributed by atoms with van der Waals surface area (Å²) in [5, 5.41) is 14.8. The van der Waals surface area contributed by atoms with Gasteiger partial charge in [0.05, 0.1) is 17.5 Å². The van der Waals surface area contributed by atoms with E-state index in [1.54, 1.807) is 11.3 Å². The molecule has 0 aromatic carbocycles. The van der Waals surface area contributed by atoms with Crippen LogP contribution in [-0.4, -0.2) is 29.1 Å². The van der Waals surface area contributed by atoms with Gasteiger partial charge < -0.3 is 4.74 Å². The molecule has 20 heavy (non-hydrogen) atoms. The molecule has 0 aliphatic heterocycles. The maximum Gasteiger partial charge on any atom is 0.194 e. The maximum absolute atomic E-state index is 9.43. The van der Waals surface area contributed by atoms with Crippen LogP contribution < -0.4 is 5.32 Å². The SMILES string of the molecule is CCOCCCNC(C#N)c1c(C)nc2scc(C)n12. The number of aromatic nitrogens is 2. The standard InChI is InChI=1S/C14H20N4OS/c1-4-19-7-5-6-16-12(8-15)13-11(3)17-14-18(13)10(2)9-20-14/h9,12,16H,4-7H2,1-3H3. The first-order valence-electron chi connectivity index (χ1n) is 6.82. The van der Waals surface area contributed by atoms with E-state index in [0.29, 0.717) is 0 Å². The number of nitriles is 1. The zero-order valence-electron chi connectivity index (χ0n) is 12.1.